The van der Waals surface area contributed by atoms with Crippen LogP contribution in [0.5, 0.6) is 0 Å². The summed E-state index contributed by atoms with van der Waals surface area (Å²) < 4.78 is 6.80. The summed E-state index contributed by atoms with van der Waals surface area (Å²) in [7, 11) is -1.20. The van der Waals surface area contributed by atoms with Crippen LogP contribution in [0, 0.1) is 0 Å². The first-order valence-corrected chi connectivity index (χ1v) is 25.0. The van der Waals surface area contributed by atoms with Gasteiger partial charge in [0.15, 0.2) is 8.80 Å². The van der Waals surface area contributed by atoms with Crippen molar-refractivity contribution < 1.29 is 4.42 Å². The van der Waals surface area contributed by atoms with E-state index in [4.69, 9.17) is 4.42 Å². The Morgan fingerprint density at radius 1 is 0.353 bits per heavy atom. The Balaban J connectivity index is 0.942. The third-order valence-corrected chi connectivity index (χ3v) is 17.4. The molecule has 0 fully saturated rings. The maximum Gasteiger partial charge on any atom is 0.156 e. The Hall–Kier alpha value is -8.50. The zero-order valence-corrected chi connectivity index (χ0v) is 38.1. The predicted octanol–water partition coefficient (Wildman–Crippen LogP) is 14.7. The highest BCUT2D eigenvalue weighted by molar-refractivity contribution is 6.99. The van der Waals surface area contributed by atoms with E-state index < -0.39 is 14.2 Å². The fourth-order valence-corrected chi connectivity index (χ4v) is 14.8. The molecule has 2 aliphatic rings. The number of rotatable bonds is 7. The molecule has 0 amide bonds. The van der Waals surface area contributed by atoms with Crippen molar-refractivity contribution in [2.24, 2.45) is 0 Å². The van der Waals surface area contributed by atoms with E-state index in [0.717, 1.165) is 44.7 Å². The van der Waals surface area contributed by atoms with Crippen molar-refractivity contribution >= 4 is 74.1 Å². The number of nitrogens with zero attached hydrogens (tertiary/aromatic N) is 1. The smallest absolute Gasteiger partial charge is 0.156 e. The zero-order chi connectivity index (χ0) is 44.8. The molecule has 11 aromatic carbocycles. The third-order valence-electron chi connectivity index (χ3n) is 14.6. The molecule has 14 rings (SSSR count). The summed E-state index contributed by atoms with van der Waals surface area (Å²) in [6, 6.07) is 93.9. The molecule has 0 bridgehead atoms. The molecule has 2 heterocycles. The van der Waals surface area contributed by atoms with Crippen LogP contribution in [-0.4, -0.2) is 8.80 Å². The lowest BCUT2D eigenvalue weighted by atomic mass is 9.67. The van der Waals surface area contributed by atoms with Gasteiger partial charge in [0.05, 0.1) is 5.41 Å². The molecule has 1 aliphatic heterocycles. The minimum Gasteiger partial charge on any atom is -0.456 e. The number of furan rings is 1. The quantitative estimate of drug-likeness (QED) is 0.148. The average molecular weight is 881 g/mol. The summed E-state index contributed by atoms with van der Waals surface area (Å²) in [5, 5.41) is 9.16. The lowest BCUT2D eigenvalue weighted by molar-refractivity contribution is 0.669. The number of hydrogen-bond donors (Lipinski definition) is 0. The van der Waals surface area contributed by atoms with Crippen molar-refractivity contribution in [2.75, 3.05) is 4.90 Å². The number of hydrogen-bond acceptors (Lipinski definition) is 2. The first-order chi connectivity index (χ1) is 33.8. The van der Waals surface area contributed by atoms with Gasteiger partial charge in [-0.1, -0.05) is 211 Å². The van der Waals surface area contributed by atoms with Crippen LogP contribution in [0.3, 0.4) is 0 Å². The van der Waals surface area contributed by atoms with Crippen molar-refractivity contribution in [3.63, 3.8) is 0 Å². The van der Waals surface area contributed by atoms with Crippen LogP contribution < -0.4 is 20.5 Å². The summed E-state index contributed by atoms with van der Waals surface area (Å²) in [6.45, 7) is 0. The molecular formula is C65H42NOSi. The standard InChI is InChI=1S/C65H42NOSi/c1-5-18-45(19-6-1)65(46-20-7-2-8-21-46)55-29-15-13-26-52(55)53-39-38-49(42-56(53)65)66(47-22-9-3-10-23-47)48-36-32-43(33-37-48)51-28-17-30-57-62(51)64-58(67-57)40-34-44-35-41-60-63(61(44)64)54-27-14-16-31-59(54)68(60)50-24-11-4-12-25-50/h1-42H. The summed E-state index contributed by atoms with van der Waals surface area (Å²) >= 11 is 0. The van der Waals surface area contributed by atoms with E-state index in [1.54, 1.807) is 0 Å². The van der Waals surface area contributed by atoms with Crippen LogP contribution in [-0.2, 0) is 5.41 Å². The molecule has 1 aromatic heterocycles. The van der Waals surface area contributed by atoms with Crippen LogP contribution in [0.15, 0.2) is 259 Å². The summed E-state index contributed by atoms with van der Waals surface area (Å²) in [5.74, 6) is 0. The summed E-state index contributed by atoms with van der Waals surface area (Å²) in [4.78, 5) is 2.40. The van der Waals surface area contributed by atoms with Gasteiger partial charge in [0, 0.05) is 33.2 Å². The molecule has 0 saturated heterocycles. The van der Waals surface area contributed by atoms with E-state index in [1.807, 2.05) is 0 Å². The zero-order valence-electron chi connectivity index (χ0n) is 37.1. The van der Waals surface area contributed by atoms with Crippen molar-refractivity contribution in [1.82, 2.24) is 0 Å². The van der Waals surface area contributed by atoms with Crippen LogP contribution in [0.1, 0.15) is 22.3 Å². The van der Waals surface area contributed by atoms with Crippen LogP contribution in [0.25, 0.3) is 66.1 Å². The van der Waals surface area contributed by atoms with E-state index >= 15 is 0 Å². The topological polar surface area (TPSA) is 16.4 Å². The van der Waals surface area contributed by atoms with Gasteiger partial charge in [-0.3, -0.25) is 0 Å². The molecular weight excluding hydrogens is 839 g/mol. The van der Waals surface area contributed by atoms with E-state index in [9.17, 15) is 0 Å². The molecule has 68 heavy (non-hydrogen) atoms. The molecule has 317 valence electrons. The van der Waals surface area contributed by atoms with Gasteiger partial charge in [0.2, 0.25) is 0 Å². The predicted molar refractivity (Wildman–Crippen MR) is 285 cm³/mol. The molecule has 1 radical (unpaired) electrons. The SMILES string of the molecule is c1ccc(N(c2ccc(-c3cccc4oc5ccc6ccc7c(c6c5c34)-c3ccccc3[Si]7c3ccccc3)cc2)c2ccc3c(c2)C(c2ccccc2)(c2ccccc2)c2ccccc2-3)cc1. The van der Waals surface area contributed by atoms with E-state index in [2.05, 4.69) is 260 Å². The second kappa shape index (κ2) is 15.3. The highest BCUT2D eigenvalue weighted by Gasteiger charge is 2.46. The second-order valence-electron chi connectivity index (χ2n) is 18.1. The Bertz CT molecular complexity index is 3860. The Morgan fingerprint density at radius 2 is 0.926 bits per heavy atom. The van der Waals surface area contributed by atoms with Crippen molar-refractivity contribution in [3.05, 3.63) is 277 Å². The minimum absolute atomic E-state index is 0.501. The first-order valence-electron chi connectivity index (χ1n) is 23.5. The molecule has 12 aromatic rings. The molecule has 3 heteroatoms. The summed E-state index contributed by atoms with van der Waals surface area (Å²) in [6.07, 6.45) is 0. The van der Waals surface area contributed by atoms with E-state index in [-0.39, 0.29) is 0 Å². The third kappa shape index (κ3) is 5.63. The number of para-hydroxylation sites is 1. The lowest BCUT2D eigenvalue weighted by Crippen LogP contribution is -2.48. The van der Waals surface area contributed by atoms with Gasteiger partial charge in [0.1, 0.15) is 11.2 Å². The largest absolute Gasteiger partial charge is 0.456 e. The second-order valence-corrected chi connectivity index (χ2v) is 20.5. The van der Waals surface area contributed by atoms with Gasteiger partial charge >= 0.3 is 0 Å². The highest BCUT2D eigenvalue weighted by Crippen LogP contribution is 2.57. The van der Waals surface area contributed by atoms with Crippen molar-refractivity contribution in [1.29, 1.82) is 0 Å². The number of fused-ring (bicyclic) bond motifs is 12. The lowest BCUT2D eigenvalue weighted by Gasteiger charge is -2.35. The van der Waals surface area contributed by atoms with Gasteiger partial charge in [-0.15, -0.1) is 0 Å². The van der Waals surface area contributed by atoms with Crippen LogP contribution in [0.2, 0.25) is 0 Å². The molecule has 2 nitrogen and oxygen atoms in total. The Morgan fingerprint density at radius 3 is 1.68 bits per heavy atom. The van der Waals surface area contributed by atoms with Gasteiger partial charge in [-0.05, 0) is 120 Å². The van der Waals surface area contributed by atoms with Crippen molar-refractivity contribution in [2.45, 2.75) is 5.41 Å². The molecule has 0 N–H and O–H groups in total. The molecule has 0 unspecified atom stereocenters. The van der Waals surface area contributed by atoms with Crippen LogP contribution in [0.4, 0.5) is 17.1 Å². The first kappa shape index (κ1) is 38.7. The fourth-order valence-electron chi connectivity index (χ4n) is 11.8. The van der Waals surface area contributed by atoms with E-state index in [1.165, 1.54) is 76.2 Å². The van der Waals surface area contributed by atoms with Gasteiger partial charge in [0.25, 0.3) is 0 Å². The maximum absolute atomic E-state index is 6.80. The fraction of sp³-hybridized carbons (Fsp3) is 0.0154. The van der Waals surface area contributed by atoms with E-state index in [0.29, 0.717) is 0 Å². The van der Waals surface area contributed by atoms with Crippen LogP contribution >= 0.6 is 0 Å². The Kier molecular flexibility index (Phi) is 8.70. The number of benzene rings is 11. The normalized spacial score (nSPS) is 13.4. The summed E-state index contributed by atoms with van der Waals surface area (Å²) in [5.41, 5.74) is 17.2. The van der Waals surface area contributed by atoms with Crippen molar-refractivity contribution in [3.8, 4) is 33.4 Å². The van der Waals surface area contributed by atoms with Gasteiger partial charge < -0.3 is 9.32 Å². The molecule has 0 saturated carbocycles. The molecule has 1 aliphatic carbocycles. The van der Waals surface area contributed by atoms with Gasteiger partial charge in [-0.2, -0.15) is 0 Å². The molecule has 0 atom stereocenters. The van der Waals surface area contributed by atoms with Gasteiger partial charge in [-0.25, -0.2) is 0 Å². The maximum atomic E-state index is 6.80. The highest BCUT2D eigenvalue weighted by atomic mass is 28.3. The monoisotopic (exact) mass is 880 g/mol. The Labute approximate surface area is 397 Å². The number of anilines is 3. The molecule has 0 spiro atoms. The average Bonchev–Trinajstić information content (AvgIpc) is 4.07. The minimum atomic E-state index is -1.20.